The first-order chi connectivity index (χ1) is 14.4. The Balaban J connectivity index is 1.78. The first kappa shape index (κ1) is 21.8. The molecule has 0 bridgehead atoms. The van der Waals surface area contributed by atoms with Gasteiger partial charge in [0.2, 0.25) is 0 Å². The first-order valence-electron chi connectivity index (χ1n) is 9.66. The standard InChI is InChI=1S/C22H24ClN3O4/c1-14(2)30-10-4-9-24-21(27)15-5-7-17-19(11-15)25-13-26(22(17)28)16-6-8-20(29-3)18(23)12-16/h5-8,11-14H,4,9-10H2,1-3H3,(H,24,27). The monoisotopic (exact) mass is 429 g/mol. The van der Waals surface area contributed by atoms with Gasteiger partial charge in [-0.25, -0.2) is 4.98 Å². The maximum Gasteiger partial charge on any atom is 0.265 e. The molecule has 3 rings (SSSR count). The van der Waals surface area contributed by atoms with Gasteiger partial charge < -0.3 is 14.8 Å². The number of nitrogens with zero attached hydrogens (tertiary/aromatic N) is 2. The van der Waals surface area contributed by atoms with Gasteiger partial charge in [-0.3, -0.25) is 14.2 Å². The quantitative estimate of drug-likeness (QED) is 0.553. The van der Waals surface area contributed by atoms with Gasteiger partial charge in [-0.2, -0.15) is 0 Å². The van der Waals surface area contributed by atoms with Crippen molar-refractivity contribution < 1.29 is 14.3 Å². The minimum absolute atomic E-state index is 0.172. The van der Waals surface area contributed by atoms with Crippen molar-refractivity contribution in [1.82, 2.24) is 14.9 Å². The molecule has 7 nitrogen and oxygen atoms in total. The summed E-state index contributed by atoms with van der Waals surface area (Å²) in [7, 11) is 1.53. The van der Waals surface area contributed by atoms with Crippen LogP contribution in [0.5, 0.6) is 5.75 Å². The van der Waals surface area contributed by atoms with Crippen LogP contribution >= 0.6 is 11.6 Å². The second kappa shape index (κ2) is 9.73. The number of amides is 1. The Labute approximate surface area is 179 Å². The van der Waals surface area contributed by atoms with Crippen molar-refractivity contribution in [2.24, 2.45) is 0 Å². The summed E-state index contributed by atoms with van der Waals surface area (Å²) >= 11 is 6.17. The van der Waals surface area contributed by atoms with Gasteiger partial charge >= 0.3 is 0 Å². The highest BCUT2D eigenvalue weighted by molar-refractivity contribution is 6.32. The Morgan fingerprint density at radius 2 is 2.03 bits per heavy atom. The number of rotatable bonds is 8. The van der Waals surface area contributed by atoms with Crippen molar-refractivity contribution in [2.75, 3.05) is 20.3 Å². The molecule has 0 fully saturated rings. The van der Waals surface area contributed by atoms with Crippen LogP contribution in [0.15, 0.2) is 47.5 Å². The van der Waals surface area contributed by atoms with Crippen LogP contribution < -0.4 is 15.6 Å². The number of ether oxygens (including phenoxy) is 2. The van der Waals surface area contributed by atoms with E-state index >= 15 is 0 Å². The summed E-state index contributed by atoms with van der Waals surface area (Å²) in [6, 6.07) is 9.90. The number of carbonyl (C=O) groups is 1. The number of carbonyl (C=O) groups excluding carboxylic acids is 1. The molecule has 0 atom stereocenters. The molecule has 2 aromatic carbocycles. The van der Waals surface area contributed by atoms with E-state index in [0.717, 1.165) is 6.42 Å². The van der Waals surface area contributed by atoms with Crippen molar-refractivity contribution in [1.29, 1.82) is 0 Å². The molecule has 0 saturated carbocycles. The average Bonchev–Trinajstić information content (AvgIpc) is 2.73. The number of halogens is 1. The number of methoxy groups -OCH3 is 1. The number of nitrogens with one attached hydrogen (secondary N) is 1. The maximum absolute atomic E-state index is 12.9. The average molecular weight is 430 g/mol. The molecule has 0 saturated heterocycles. The molecular weight excluding hydrogens is 406 g/mol. The topological polar surface area (TPSA) is 82.5 Å². The molecule has 1 aromatic heterocycles. The van der Waals surface area contributed by atoms with Crippen molar-refractivity contribution >= 4 is 28.4 Å². The molecule has 1 N–H and O–H groups in total. The fourth-order valence-electron chi connectivity index (χ4n) is 2.95. The summed E-state index contributed by atoms with van der Waals surface area (Å²) in [5.74, 6) is 0.308. The van der Waals surface area contributed by atoms with Crippen LogP contribution in [0, 0.1) is 0 Å². The van der Waals surface area contributed by atoms with Crippen LogP contribution in [0.4, 0.5) is 0 Å². The number of hydrogen-bond acceptors (Lipinski definition) is 5. The molecule has 0 aliphatic rings. The van der Waals surface area contributed by atoms with E-state index in [2.05, 4.69) is 10.3 Å². The van der Waals surface area contributed by atoms with Gasteiger partial charge in [0.05, 0.1) is 34.8 Å². The van der Waals surface area contributed by atoms with E-state index in [1.54, 1.807) is 36.4 Å². The van der Waals surface area contributed by atoms with E-state index in [1.807, 2.05) is 13.8 Å². The SMILES string of the molecule is COc1ccc(-n2cnc3cc(C(=O)NCCCOC(C)C)ccc3c2=O)cc1Cl. The summed E-state index contributed by atoms with van der Waals surface area (Å²) in [5.41, 5.74) is 1.22. The highest BCUT2D eigenvalue weighted by Gasteiger charge is 2.11. The lowest BCUT2D eigenvalue weighted by Gasteiger charge is -2.10. The van der Waals surface area contributed by atoms with Gasteiger partial charge in [0, 0.05) is 18.7 Å². The van der Waals surface area contributed by atoms with E-state index in [9.17, 15) is 9.59 Å². The van der Waals surface area contributed by atoms with Crippen molar-refractivity contribution in [2.45, 2.75) is 26.4 Å². The van der Waals surface area contributed by atoms with Crippen LogP contribution in [-0.4, -0.2) is 41.8 Å². The third kappa shape index (κ3) is 4.98. The lowest BCUT2D eigenvalue weighted by atomic mass is 10.1. The van der Waals surface area contributed by atoms with Crippen LogP contribution in [-0.2, 0) is 4.74 Å². The highest BCUT2D eigenvalue weighted by Crippen LogP contribution is 2.26. The highest BCUT2D eigenvalue weighted by atomic mass is 35.5. The maximum atomic E-state index is 12.9. The zero-order chi connectivity index (χ0) is 21.7. The van der Waals surface area contributed by atoms with E-state index in [1.165, 1.54) is 18.0 Å². The Morgan fingerprint density at radius 1 is 1.23 bits per heavy atom. The van der Waals surface area contributed by atoms with E-state index in [0.29, 0.717) is 46.1 Å². The Hall–Kier alpha value is -2.90. The first-order valence-corrected chi connectivity index (χ1v) is 10.0. The normalized spacial score (nSPS) is 11.1. The van der Waals surface area contributed by atoms with E-state index in [4.69, 9.17) is 21.1 Å². The molecule has 0 aliphatic carbocycles. The largest absolute Gasteiger partial charge is 0.495 e. The summed E-state index contributed by atoms with van der Waals surface area (Å²) in [6.07, 6.45) is 2.32. The van der Waals surface area contributed by atoms with Gasteiger partial charge in [-0.05, 0) is 56.7 Å². The number of aromatic nitrogens is 2. The molecule has 0 unspecified atom stereocenters. The third-order valence-corrected chi connectivity index (χ3v) is 4.79. The molecular formula is C22H24ClN3O4. The Kier molecular flexibility index (Phi) is 7.07. The van der Waals surface area contributed by atoms with Gasteiger partial charge in [0.1, 0.15) is 12.1 Å². The number of benzene rings is 2. The van der Waals surface area contributed by atoms with Gasteiger partial charge in [-0.1, -0.05) is 11.6 Å². The Bertz CT molecular complexity index is 1110. The predicted octanol–water partition coefficient (Wildman–Crippen LogP) is 3.59. The molecule has 3 aromatic rings. The summed E-state index contributed by atoms with van der Waals surface area (Å²) in [6.45, 7) is 5.04. The van der Waals surface area contributed by atoms with Crippen molar-refractivity contribution in [3.63, 3.8) is 0 Å². The van der Waals surface area contributed by atoms with E-state index in [-0.39, 0.29) is 17.6 Å². The molecule has 1 heterocycles. The number of fused-ring (bicyclic) bond motifs is 1. The van der Waals surface area contributed by atoms with Gasteiger partial charge in [0.25, 0.3) is 11.5 Å². The van der Waals surface area contributed by atoms with Crippen LogP contribution in [0.25, 0.3) is 16.6 Å². The molecule has 0 spiro atoms. The smallest absolute Gasteiger partial charge is 0.265 e. The lowest BCUT2D eigenvalue weighted by Crippen LogP contribution is -2.26. The van der Waals surface area contributed by atoms with E-state index < -0.39 is 0 Å². The second-order valence-electron chi connectivity index (χ2n) is 7.00. The fraction of sp³-hybridized carbons (Fsp3) is 0.318. The Morgan fingerprint density at radius 3 is 2.73 bits per heavy atom. The predicted molar refractivity (Wildman–Crippen MR) is 117 cm³/mol. The molecule has 8 heteroatoms. The lowest BCUT2D eigenvalue weighted by molar-refractivity contribution is 0.0757. The molecule has 0 radical (unpaired) electrons. The van der Waals surface area contributed by atoms with Crippen molar-refractivity contribution in [3.05, 3.63) is 63.7 Å². The summed E-state index contributed by atoms with van der Waals surface area (Å²) < 4.78 is 12.0. The minimum atomic E-state index is -0.251. The molecule has 30 heavy (non-hydrogen) atoms. The fourth-order valence-corrected chi connectivity index (χ4v) is 3.20. The van der Waals surface area contributed by atoms with Crippen LogP contribution in [0.2, 0.25) is 5.02 Å². The van der Waals surface area contributed by atoms with Crippen molar-refractivity contribution in [3.8, 4) is 11.4 Å². The third-order valence-electron chi connectivity index (χ3n) is 4.49. The zero-order valence-electron chi connectivity index (χ0n) is 17.1. The van der Waals surface area contributed by atoms with Gasteiger partial charge in [0.15, 0.2) is 0 Å². The second-order valence-corrected chi connectivity index (χ2v) is 7.41. The summed E-state index contributed by atoms with van der Waals surface area (Å²) in [4.78, 5) is 29.6. The zero-order valence-corrected chi connectivity index (χ0v) is 17.9. The molecule has 158 valence electrons. The number of hydrogen-bond donors (Lipinski definition) is 1. The minimum Gasteiger partial charge on any atom is -0.495 e. The van der Waals surface area contributed by atoms with Crippen LogP contribution in [0.3, 0.4) is 0 Å². The molecule has 0 aliphatic heterocycles. The van der Waals surface area contributed by atoms with Gasteiger partial charge in [-0.15, -0.1) is 0 Å². The molecule has 1 amide bonds. The summed E-state index contributed by atoms with van der Waals surface area (Å²) in [5, 5.41) is 3.65. The van der Waals surface area contributed by atoms with Crippen LogP contribution in [0.1, 0.15) is 30.6 Å².